The molecule has 6 rings (SSSR count). The minimum absolute atomic E-state index is 0.277. The van der Waals surface area contributed by atoms with E-state index >= 15 is 0 Å². The summed E-state index contributed by atoms with van der Waals surface area (Å²) in [6, 6.07) is 22.5. The van der Waals surface area contributed by atoms with E-state index in [1.807, 2.05) is 20.8 Å². The van der Waals surface area contributed by atoms with E-state index in [1.54, 1.807) is 39.0 Å². The lowest BCUT2D eigenvalue weighted by Crippen LogP contribution is -2.39. The predicted octanol–water partition coefficient (Wildman–Crippen LogP) is 7.94. The second-order valence-electron chi connectivity index (χ2n) is 14.7. The third kappa shape index (κ3) is 11.0. The second kappa shape index (κ2) is 20.4. The quantitative estimate of drug-likeness (QED) is 0.106. The summed E-state index contributed by atoms with van der Waals surface area (Å²) in [7, 11) is 0. The minimum atomic E-state index is -3.42. The molecule has 18 heteroatoms. The smallest absolute Gasteiger partial charge is 0.305 e. The number of hydrogen-bond acceptors (Lipinski definition) is 6. The van der Waals surface area contributed by atoms with Crippen LogP contribution in [-0.4, -0.2) is 28.7 Å². The Balaban J connectivity index is 0.000000207. The number of nitrogens with zero attached hydrogens (tertiary/aromatic N) is 3. The lowest BCUT2D eigenvalue weighted by atomic mass is 10.1. The molecule has 0 aliphatic rings. The van der Waals surface area contributed by atoms with Gasteiger partial charge in [0.05, 0.1) is 17.1 Å². The predicted molar refractivity (Wildman–Crippen MR) is 227 cm³/mol. The molecule has 336 valence electrons. The summed E-state index contributed by atoms with van der Waals surface area (Å²) in [4.78, 5) is 78.0. The first-order valence-electron chi connectivity index (χ1n) is 20.0. The third-order valence-corrected chi connectivity index (χ3v) is 10.4. The molecule has 6 aromatic rings. The minimum Gasteiger partial charge on any atom is -0.305 e. The van der Waals surface area contributed by atoms with Crippen molar-refractivity contribution in [2.45, 2.75) is 96.7 Å². The van der Waals surface area contributed by atoms with E-state index < -0.39 is 68.6 Å². The SMILES string of the molecule is CC[C@@H](C)n1c(=O)cc(C(F)(F)c2ccccc2)[nH]c1=O.CC[C@H](C)n1c(=O)cc(C(F)(F)c2ccccc2)[nH]c1=O.CC[C@H](C)n1c(=O)cc(C(F)(F)c2ccccc2)[nH]c1=O. The van der Waals surface area contributed by atoms with Gasteiger partial charge >= 0.3 is 34.8 Å². The largest absolute Gasteiger partial charge is 0.328 e. The zero-order valence-electron chi connectivity index (χ0n) is 35.3. The van der Waals surface area contributed by atoms with Crippen LogP contribution in [0.3, 0.4) is 0 Å². The Bertz CT molecular complexity index is 2420. The Hall–Kier alpha value is -6.72. The Morgan fingerprint density at radius 3 is 0.794 bits per heavy atom. The van der Waals surface area contributed by atoms with Gasteiger partial charge in [0.2, 0.25) is 0 Å². The van der Waals surface area contributed by atoms with E-state index in [1.165, 1.54) is 72.8 Å². The molecule has 3 aromatic carbocycles. The Morgan fingerprint density at radius 2 is 0.619 bits per heavy atom. The molecule has 3 atom stereocenters. The molecule has 3 heterocycles. The molecule has 0 amide bonds. The summed E-state index contributed by atoms with van der Waals surface area (Å²) in [5.41, 5.74) is -7.53. The standard InChI is InChI=1S/3C15H16F2N2O2/c3*1-3-10(2)19-13(20)9-12(18-14(19)21)15(16,17)11-7-5-4-6-8-11/h3*4-10H,3H2,1-2H3,(H,18,21)/t3*10-/m100/s1. The highest BCUT2D eigenvalue weighted by Gasteiger charge is 2.38. The normalized spacial score (nSPS) is 13.1. The van der Waals surface area contributed by atoms with Crippen LogP contribution in [0.15, 0.2) is 138 Å². The number of H-pyrrole nitrogens is 3. The van der Waals surface area contributed by atoms with Crippen LogP contribution in [0.5, 0.6) is 0 Å². The van der Waals surface area contributed by atoms with Crippen LogP contribution in [0.1, 0.15) is 113 Å². The van der Waals surface area contributed by atoms with Crippen molar-refractivity contribution in [3.63, 3.8) is 0 Å². The maximum atomic E-state index is 14.3. The fraction of sp³-hybridized carbons (Fsp3) is 0.333. The Morgan fingerprint density at radius 1 is 0.413 bits per heavy atom. The molecule has 0 aliphatic heterocycles. The van der Waals surface area contributed by atoms with Crippen LogP contribution < -0.4 is 33.7 Å². The molecule has 3 N–H and O–H groups in total. The zero-order valence-corrected chi connectivity index (χ0v) is 35.3. The Kier molecular flexibility index (Phi) is 15.9. The summed E-state index contributed by atoms with van der Waals surface area (Å²) in [6.07, 6.45) is 1.66. The molecular weight excluding hydrogens is 835 g/mol. The van der Waals surface area contributed by atoms with Gasteiger partial charge in [-0.3, -0.25) is 28.1 Å². The van der Waals surface area contributed by atoms with E-state index in [-0.39, 0.29) is 34.8 Å². The highest BCUT2D eigenvalue weighted by atomic mass is 19.3. The first kappa shape index (κ1) is 48.9. The molecule has 12 nitrogen and oxygen atoms in total. The number of hydrogen-bond donors (Lipinski definition) is 3. The van der Waals surface area contributed by atoms with Gasteiger partial charge < -0.3 is 15.0 Å². The fourth-order valence-corrected chi connectivity index (χ4v) is 6.23. The number of rotatable bonds is 12. The number of halogens is 6. The zero-order chi connectivity index (χ0) is 46.9. The number of benzene rings is 3. The van der Waals surface area contributed by atoms with Gasteiger partial charge in [0.15, 0.2) is 0 Å². The number of aromatic nitrogens is 6. The first-order chi connectivity index (χ1) is 29.6. The summed E-state index contributed by atoms with van der Waals surface area (Å²) in [5, 5.41) is 0. The molecule has 0 unspecified atom stereocenters. The van der Waals surface area contributed by atoms with Gasteiger partial charge in [-0.2, -0.15) is 26.3 Å². The molecule has 0 aliphatic carbocycles. The molecular formula is C45H48F6N6O6. The van der Waals surface area contributed by atoms with Crippen molar-refractivity contribution in [2.24, 2.45) is 0 Å². The topological polar surface area (TPSA) is 165 Å². The summed E-state index contributed by atoms with van der Waals surface area (Å²) in [5.74, 6) is -10.3. The van der Waals surface area contributed by atoms with Crippen LogP contribution in [0.25, 0.3) is 0 Å². The van der Waals surface area contributed by atoms with Crippen molar-refractivity contribution in [3.05, 3.63) is 205 Å². The van der Waals surface area contributed by atoms with Crippen LogP contribution in [-0.2, 0) is 17.8 Å². The first-order valence-corrected chi connectivity index (χ1v) is 20.0. The van der Waals surface area contributed by atoms with Gasteiger partial charge in [-0.1, -0.05) is 112 Å². The van der Waals surface area contributed by atoms with E-state index in [9.17, 15) is 55.1 Å². The average molecular weight is 883 g/mol. The summed E-state index contributed by atoms with van der Waals surface area (Å²) < 4.78 is 88.9. The van der Waals surface area contributed by atoms with Crippen molar-refractivity contribution in [3.8, 4) is 0 Å². The molecule has 0 radical (unpaired) electrons. The van der Waals surface area contributed by atoms with Gasteiger partial charge in [-0.25, -0.2) is 14.4 Å². The van der Waals surface area contributed by atoms with E-state index in [4.69, 9.17) is 0 Å². The second-order valence-corrected chi connectivity index (χ2v) is 14.7. The van der Waals surface area contributed by atoms with E-state index in [0.29, 0.717) is 19.3 Å². The maximum absolute atomic E-state index is 14.3. The van der Waals surface area contributed by atoms with Gasteiger partial charge in [0.1, 0.15) is 0 Å². The van der Waals surface area contributed by atoms with E-state index in [2.05, 4.69) is 15.0 Å². The average Bonchev–Trinajstić information content (AvgIpc) is 3.26. The van der Waals surface area contributed by atoms with Crippen LogP contribution >= 0.6 is 0 Å². The molecule has 0 bridgehead atoms. The monoisotopic (exact) mass is 882 g/mol. The molecule has 0 saturated carbocycles. The molecule has 0 fully saturated rings. The summed E-state index contributed by atoms with van der Waals surface area (Å²) >= 11 is 0. The van der Waals surface area contributed by atoms with Crippen molar-refractivity contribution in [1.29, 1.82) is 0 Å². The van der Waals surface area contributed by atoms with Crippen molar-refractivity contribution in [1.82, 2.24) is 28.7 Å². The maximum Gasteiger partial charge on any atom is 0.328 e. The van der Waals surface area contributed by atoms with Crippen LogP contribution in [0, 0.1) is 0 Å². The van der Waals surface area contributed by atoms with Gasteiger partial charge in [-0.15, -0.1) is 0 Å². The number of aromatic amines is 3. The number of alkyl halides is 6. The van der Waals surface area contributed by atoms with Gasteiger partial charge in [0, 0.05) is 53.0 Å². The third-order valence-electron chi connectivity index (χ3n) is 10.4. The highest BCUT2D eigenvalue weighted by Crippen LogP contribution is 2.35. The van der Waals surface area contributed by atoms with Gasteiger partial charge in [0.25, 0.3) is 16.7 Å². The Labute approximate surface area is 356 Å². The van der Waals surface area contributed by atoms with Gasteiger partial charge in [-0.05, 0) is 40.0 Å². The molecule has 63 heavy (non-hydrogen) atoms. The van der Waals surface area contributed by atoms with E-state index in [0.717, 1.165) is 31.9 Å². The molecule has 0 spiro atoms. The lowest BCUT2D eigenvalue weighted by Gasteiger charge is -2.18. The number of nitrogens with one attached hydrogen (secondary N) is 3. The lowest BCUT2D eigenvalue weighted by molar-refractivity contribution is 0.0366. The molecule has 0 saturated heterocycles. The van der Waals surface area contributed by atoms with Crippen LogP contribution in [0.4, 0.5) is 26.3 Å². The van der Waals surface area contributed by atoms with Crippen molar-refractivity contribution >= 4 is 0 Å². The van der Waals surface area contributed by atoms with Crippen molar-refractivity contribution in [2.75, 3.05) is 0 Å². The summed E-state index contributed by atoms with van der Waals surface area (Å²) in [6.45, 7) is 10.5. The fourth-order valence-electron chi connectivity index (χ4n) is 6.23. The van der Waals surface area contributed by atoms with Crippen LogP contribution in [0.2, 0.25) is 0 Å². The highest BCUT2D eigenvalue weighted by molar-refractivity contribution is 5.31. The van der Waals surface area contributed by atoms with Crippen molar-refractivity contribution < 1.29 is 26.3 Å². The molecule has 3 aromatic heterocycles.